The van der Waals surface area contributed by atoms with E-state index < -0.39 is 5.82 Å². The Balaban J connectivity index is 2.09. The van der Waals surface area contributed by atoms with Crippen LogP contribution in [-0.2, 0) is 11.8 Å². The van der Waals surface area contributed by atoms with E-state index in [0.717, 1.165) is 23.0 Å². The van der Waals surface area contributed by atoms with Gasteiger partial charge in [0.15, 0.2) is 11.6 Å². The number of aromatic nitrogens is 4. The van der Waals surface area contributed by atoms with Crippen molar-refractivity contribution in [3.63, 3.8) is 0 Å². The van der Waals surface area contributed by atoms with Gasteiger partial charge in [0.05, 0.1) is 55.4 Å². The first-order chi connectivity index (χ1) is 16.3. The molecule has 176 valence electrons. The van der Waals surface area contributed by atoms with Crippen LogP contribution in [0.3, 0.4) is 0 Å². The number of hydrogen-bond acceptors (Lipinski definition) is 7. The maximum absolute atomic E-state index is 15.0. The molecule has 0 saturated carbocycles. The van der Waals surface area contributed by atoms with Gasteiger partial charge in [-0.1, -0.05) is 0 Å². The molecule has 34 heavy (non-hydrogen) atoms. The number of nitrogens with zero attached hydrogens (tertiary/aromatic N) is 6. The molecular weight excluding hydrogens is 439 g/mol. The zero-order chi connectivity index (χ0) is 24.6. The van der Waals surface area contributed by atoms with E-state index in [0.29, 0.717) is 34.4 Å². The Hall–Kier alpha value is -4.21. The number of ether oxygens (including phenoxy) is 2. The highest BCUT2D eigenvalue weighted by Gasteiger charge is 2.24. The second-order valence-electron chi connectivity index (χ2n) is 7.81. The third-order valence-corrected chi connectivity index (χ3v) is 5.71. The van der Waals surface area contributed by atoms with Crippen molar-refractivity contribution in [1.29, 1.82) is 0 Å². The Bertz CT molecular complexity index is 1390. The summed E-state index contributed by atoms with van der Waals surface area (Å²) in [6.45, 7) is 1.91. The minimum atomic E-state index is -0.566. The maximum Gasteiger partial charge on any atom is 0.213 e. The number of rotatable bonds is 7. The largest absolute Gasteiger partial charge is 0.496 e. The van der Waals surface area contributed by atoms with E-state index in [1.807, 2.05) is 32.3 Å². The zero-order valence-electron chi connectivity index (χ0n) is 19.8. The van der Waals surface area contributed by atoms with Gasteiger partial charge in [-0.2, -0.15) is 5.10 Å². The van der Waals surface area contributed by atoms with Gasteiger partial charge in [-0.15, -0.1) is 0 Å². The fraction of sp³-hybridized carbons (Fsp3) is 0.250. The third-order valence-electron chi connectivity index (χ3n) is 5.71. The average molecular weight is 465 g/mol. The lowest BCUT2D eigenvalue weighted by Gasteiger charge is -2.28. The lowest BCUT2D eigenvalue weighted by molar-refractivity contribution is -0.107. The van der Waals surface area contributed by atoms with Crippen molar-refractivity contribution >= 4 is 34.4 Å². The number of carbonyl (C=O) groups is 1. The average Bonchev–Trinajstić information content (AvgIpc) is 3.18. The van der Waals surface area contributed by atoms with Crippen molar-refractivity contribution < 1.29 is 18.7 Å². The third kappa shape index (κ3) is 3.76. The molecule has 0 bridgehead atoms. The number of fused-ring (bicyclic) bond motifs is 1. The summed E-state index contributed by atoms with van der Waals surface area (Å²) in [5.74, 6) is 0.307. The van der Waals surface area contributed by atoms with Crippen LogP contribution >= 0.6 is 0 Å². The number of benzene rings is 1. The van der Waals surface area contributed by atoms with E-state index in [-0.39, 0.29) is 11.4 Å². The van der Waals surface area contributed by atoms with Gasteiger partial charge in [-0.3, -0.25) is 19.4 Å². The monoisotopic (exact) mass is 464 g/mol. The number of pyridine rings is 2. The second kappa shape index (κ2) is 8.97. The molecule has 0 N–H and O–H groups in total. The van der Waals surface area contributed by atoms with E-state index in [4.69, 9.17) is 9.47 Å². The highest BCUT2D eigenvalue weighted by Crippen LogP contribution is 2.45. The van der Waals surface area contributed by atoms with Gasteiger partial charge >= 0.3 is 0 Å². The summed E-state index contributed by atoms with van der Waals surface area (Å²) in [6.07, 6.45) is 6.71. The molecule has 0 fully saturated rings. The predicted molar refractivity (Wildman–Crippen MR) is 129 cm³/mol. The van der Waals surface area contributed by atoms with E-state index >= 15 is 0 Å². The number of halogens is 1. The topological polar surface area (TPSA) is 85.6 Å². The van der Waals surface area contributed by atoms with Crippen LogP contribution in [0, 0.1) is 12.7 Å². The summed E-state index contributed by atoms with van der Waals surface area (Å²) in [5, 5.41) is 5.13. The molecule has 0 aliphatic heterocycles. The summed E-state index contributed by atoms with van der Waals surface area (Å²) in [4.78, 5) is 23.2. The SMILES string of the molecule is COc1cc2ncc(N(C)C=O)c(N(C)c3c(F)cncc3OC)c2cc1-c1cn(C)nc1C. The summed E-state index contributed by atoms with van der Waals surface area (Å²) < 4.78 is 27.8. The van der Waals surface area contributed by atoms with E-state index in [1.165, 1.54) is 18.2 Å². The van der Waals surface area contributed by atoms with Crippen LogP contribution in [0.25, 0.3) is 22.0 Å². The standard InChI is InChI=1S/C24H25FN6O3/c1-14-17(12-30(3)28-14)15-7-16-19(8-21(15)33-5)27-10-20(29(2)13-32)23(16)31(4)24-18(25)9-26-11-22(24)34-6/h7-13H,1-6H3. The molecule has 3 aromatic heterocycles. The molecule has 0 radical (unpaired) electrons. The fourth-order valence-corrected chi connectivity index (χ4v) is 4.10. The van der Waals surface area contributed by atoms with Crippen LogP contribution in [0.15, 0.2) is 36.9 Å². The van der Waals surface area contributed by atoms with Gasteiger partial charge in [0.25, 0.3) is 0 Å². The van der Waals surface area contributed by atoms with Crippen LogP contribution in [0.2, 0.25) is 0 Å². The molecule has 0 spiro atoms. The number of carbonyl (C=O) groups excluding carboxylic acids is 1. The first kappa shape index (κ1) is 23.0. The van der Waals surface area contributed by atoms with E-state index in [1.54, 1.807) is 37.0 Å². The van der Waals surface area contributed by atoms with Crippen molar-refractivity contribution in [3.05, 3.63) is 48.4 Å². The number of aryl methyl sites for hydroxylation is 2. The second-order valence-corrected chi connectivity index (χ2v) is 7.81. The molecule has 4 aromatic rings. The number of methoxy groups -OCH3 is 2. The number of amides is 1. The minimum absolute atomic E-state index is 0.181. The first-order valence-electron chi connectivity index (χ1n) is 10.4. The first-order valence-corrected chi connectivity index (χ1v) is 10.4. The molecule has 4 rings (SSSR count). The van der Waals surface area contributed by atoms with Crippen molar-refractivity contribution in [2.45, 2.75) is 6.92 Å². The Morgan fingerprint density at radius 2 is 1.76 bits per heavy atom. The van der Waals surface area contributed by atoms with Crippen LogP contribution in [0.5, 0.6) is 11.5 Å². The molecule has 0 unspecified atom stereocenters. The van der Waals surface area contributed by atoms with Crippen LogP contribution in [0.4, 0.5) is 21.5 Å². The van der Waals surface area contributed by atoms with Crippen molar-refractivity contribution in [2.75, 3.05) is 38.1 Å². The van der Waals surface area contributed by atoms with Gasteiger partial charge in [0, 0.05) is 49.9 Å². The molecule has 0 saturated heterocycles. The maximum atomic E-state index is 15.0. The lowest BCUT2D eigenvalue weighted by atomic mass is 10.0. The Labute approximate surface area is 196 Å². The number of hydrogen-bond donors (Lipinski definition) is 0. The normalized spacial score (nSPS) is 10.9. The van der Waals surface area contributed by atoms with E-state index in [9.17, 15) is 9.18 Å². The van der Waals surface area contributed by atoms with Crippen LogP contribution in [0.1, 0.15) is 5.69 Å². The lowest BCUT2D eigenvalue weighted by Crippen LogP contribution is -2.21. The molecule has 1 amide bonds. The molecular formula is C24H25FN6O3. The van der Waals surface area contributed by atoms with Gasteiger partial charge < -0.3 is 19.3 Å². The minimum Gasteiger partial charge on any atom is -0.496 e. The summed E-state index contributed by atoms with van der Waals surface area (Å²) in [7, 11) is 8.21. The van der Waals surface area contributed by atoms with E-state index in [2.05, 4.69) is 15.1 Å². The summed E-state index contributed by atoms with van der Waals surface area (Å²) >= 11 is 0. The highest BCUT2D eigenvalue weighted by atomic mass is 19.1. The summed E-state index contributed by atoms with van der Waals surface area (Å²) in [5.41, 5.74) is 4.35. The molecule has 1 aromatic carbocycles. The predicted octanol–water partition coefficient (Wildman–Crippen LogP) is 3.86. The van der Waals surface area contributed by atoms with Crippen LogP contribution in [-0.4, -0.2) is 54.5 Å². The van der Waals surface area contributed by atoms with Crippen molar-refractivity contribution in [3.8, 4) is 22.6 Å². The Morgan fingerprint density at radius 3 is 2.38 bits per heavy atom. The molecule has 9 nitrogen and oxygen atoms in total. The van der Waals surface area contributed by atoms with Gasteiger partial charge in [-0.25, -0.2) is 4.39 Å². The smallest absolute Gasteiger partial charge is 0.213 e. The van der Waals surface area contributed by atoms with Crippen molar-refractivity contribution in [2.24, 2.45) is 7.05 Å². The Morgan fingerprint density at radius 1 is 1.03 bits per heavy atom. The highest BCUT2D eigenvalue weighted by molar-refractivity contribution is 6.05. The molecule has 3 heterocycles. The molecule has 0 aliphatic rings. The van der Waals surface area contributed by atoms with Gasteiger partial charge in [0.1, 0.15) is 11.4 Å². The quantitative estimate of drug-likeness (QED) is 0.384. The van der Waals surface area contributed by atoms with Gasteiger partial charge in [-0.05, 0) is 13.0 Å². The fourth-order valence-electron chi connectivity index (χ4n) is 4.10. The molecule has 0 atom stereocenters. The molecule has 10 heteroatoms. The number of anilines is 3. The van der Waals surface area contributed by atoms with Crippen LogP contribution < -0.4 is 19.3 Å². The zero-order valence-corrected chi connectivity index (χ0v) is 19.8. The van der Waals surface area contributed by atoms with Crippen molar-refractivity contribution in [1.82, 2.24) is 19.7 Å². The molecule has 0 aliphatic carbocycles. The Kier molecular flexibility index (Phi) is 6.06. The van der Waals surface area contributed by atoms with Gasteiger partial charge in [0.2, 0.25) is 6.41 Å². The summed E-state index contributed by atoms with van der Waals surface area (Å²) in [6, 6.07) is 3.74.